The number of benzene rings is 1. The zero-order valence-corrected chi connectivity index (χ0v) is 12.2. The summed E-state index contributed by atoms with van der Waals surface area (Å²) in [5.41, 5.74) is 4.37. The predicted octanol–water partition coefficient (Wildman–Crippen LogP) is 2.27. The van der Waals surface area contributed by atoms with Gasteiger partial charge in [0.2, 0.25) is 0 Å². The van der Waals surface area contributed by atoms with E-state index in [0.29, 0.717) is 28.0 Å². The van der Waals surface area contributed by atoms with Crippen LogP contribution in [-0.4, -0.2) is 29.1 Å². The van der Waals surface area contributed by atoms with Crippen molar-refractivity contribution in [2.24, 2.45) is 0 Å². The Kier molecular flexibility index (Phi) is 4.52. The fourth-order valence-electron chi connectivity index (χ4n) is 1.60. The largest absolute Gasteiger partial charge is 0.356 e. The molecule has 1 aliphatic heterocycles. The van der Waals surface area contributed by atoms with Gasteiger partial charge in [-0.2, -0.15) is 0 Å². The number of carbonyl (C=O) groups is 2. The van der Waals surface area contributed by atoms with E-state index in [1.165, 1.54) is 4.90 Å². The minimum absolute atomic E-state index is 0.264. The van der Waals surface area contributed by atoms with E-state index in [1.807, 2.05) is 0 Å². The van der Waals surface area contributed by atoms with Crippen molar-refractivity contribution in [1.82, 2.24) is 4.90 Å². The van der Waals surface area contributed by atoms with Gasteiger partial charge in [0.15, 0.2) is 0 Å². The number of nitrogens with zero attached hydrogens (tertiary/aromatic N) is 1. The van der Waals surface area contributed by atoms with Crippen molar-refractivity contribution in [3.8, 4) is 0 Å². The molecule has 0 saturated carbocycles. The molecule has 1 aromatic rings. The van der Waals surface area contributed by atoms with Gasteiger partial charge in [0.1, 0.15) is 0 Å². The van der Waals surface area contributed by atoms with E-state index in [0.717, 1.165) is 17.3 Å². The molecule has 1 saturated heterocycles. The van der Waals surface area contributed by atoms with Gasteiger partial charge < -0.3 is 5.73 Å². The summed E-state index contributed by atoms with van der Waals surface area (Å²) in [7, 11) is 0. The van der Waals surface area contributed by atoms with Crippen LogP contribution >= 0.6 is 35.0 Å². The Bertz CT molecular complexity index is 575. The lowest BCUT2D eigenvalue weighted by molar-refractivity contribution is -0.367. The standard InChI is InChI=1S/C12H10Cl2N2O2S/c13-8-2-1-7(5-9(8)14)6-10-11(17)16(4-3-15)12(18)19-10/h1-2,5-6H,3-4,15H2/p+1/b10-6-. The molecule has 0 radical (unpaired) electrons. The van der Waals surface area contributed by atoms with Gasteiger partial charge in [-0.15, -0.1) is 0 Å². The first-order valence-electron chi connectivity index (χ1n) is 5.52. The summed E-state index contributed by atoms with van der Waals surface area (Å²) in [5.74, 6) is -0.287. The van der Waals surface area contributed by atoms with Crippen LogP contribution in [0.3, 0.4) is 0 Å². The molecule has 3 N–H and O–H groups in total. The molecule has 2 rings (SSSR count). The van der Waals surface area contributed by atoms with Crippen molar-refractivity contribution >= 4 is 52.2 Å². The summed E-state index contributed by atoms with van der Waals surface area (Å²) in [4.78, 5) is 25.2. The highest BCUT2D eigenvalue weighted by atomic mass is 35.5. The first-order valence-corrected chi connectivity index (χ1v) is 7.10. The highest BCUT2D eigenvalue weighted by molar-refractivity contribution is 8.18. The van der Waals surface area contributed by atoms with Crippen LogP contribution in [0.2, 0.25) is 10.0 Å². The van der Waals surface area contributed by atoms with Crippen molar-refractivity contribution in [3.05, 3.63) is 38.7 Å². The summed E-state index contributed by atoms with van der Waals surface area (Å²) in [6.07, 6.45) is 1.64. The quantitative estimate of drug-likeness (QED) is 0.870. The Labute approximate surface area is 124 Å². The van der Waals surface area contributed by atoms with Crippen molar-refractivity contribution < 1.29 is 15.3 Å². The third kappa shape index (κ3) is 3.12. The Morgan fingerprint density at radius 3 is 2.63 bits per heavy atom. The van der Waals surface area contributed by atoms with Gasteiger partial charge in [0.25, 0.3) is 11.1 Å². The van der Waals surface area contributed by atoms with E-state index in [9.17, 15) is 9.59 Å². The molecule has 0 bridgehead atoms. The van der Waals surface area contributed by atoms with Crippen LogP contribution in [0.5, 0.6) is 0 Å². The molecule has 7 heteroatoms. The lowest BCUT2D eigenvalue weighted by Gasteiger charge is -2.08. The van der Waals surface area contributed by atoms with E-state index in [-0.39, 0.29) is 11.1 Å². The normalized spacial score (nSPS) is 17.6. The minimum Gasteiger partial charge on any atom is -0.356 e. The zero-order valence-electron chi connectivity index (χ0n) is 9.86. The maximum Gasteiger partial charge on any atom is 0.293 e. The number of hydrogen-bond acceptors (Lipinski definition) is 3. The zero-order chi connectivity index (χ0) is 14.0. The van der Waals surface area contributed by atoms with Gasteiger partial charge in [-0.05, 0) is 35.5 Å². The Morgan fingerprint density at radius 1 is 1.26 bits per heavy atom. The van der Waals surface area contributed by atoms with Gasteiger partial charge in [0, 0.05) is 0 Å². The number of halogens is 2. The lowest BCUT2D eigenvalue weighted by atomic mass is 10.2. The fourth-order valence-corrected chi connectivity index (χ4v) is 2.78. The van der Waals surface area contributed by atoms with Crippen molar-refractivity contribution in [2.45, 2.75) is 0 Å². The Morgan fingerprint density at radius 2 is 2.00 bits per heavy atom. The summed E-state index contributed by atoms with van der Waals surface area (Å²) in [6.45, 7) is 0.835. The predicted molar refractivity (Wildman–Crippen MR) is 76.9 cm³/mol. The van der Waals surface area contributed by atoms with Gasteiger partial charge in [-0.1, -0.05) is 29.3 Å². The monoisotopic (exact) mass is 317 g/mol. The SMILES string of the molecule is [NH3+]CCN1C(=O)S/C(=C\c2ccc(Cl)c(Cl)c2)C1=O. The van der Waals surface area contributed by atoms with Gasteiger partial charge in [-0.25, -0.2) is 0 Å². The van der Waals surface area contributed by atoms with Crippen LogP contribution in [0.15, 0.2) is 23.1 Å². The molecule has 0 aromatic heterocycles. The molecule has 19 heavy (non-hydrogen) atoms. The number of imide groups is 1. The fraction of sp³-hybridized carbons (Fsp3) is 0.167. The number of carbonyl (C=O) groups excluding carboxylic acids is 2. The average molecular weight is 318 g/mol. The number of quaternary nitrogens is 1. The van der Waals surface area contributed by atoms with E-state index < -0.39 is 0 Å². The number of rotatable bonds is 3. The number of hydrogen-bond donors (Lipinski definition) is 1. The number of amides is 2. The second-order valence-electron chi connectivity index (χ2n) is 3.86. The molecule has 1 heterocycles. The second-order valence-corrected chi connectivity index (χ2v) is 5.67. The molecule has 0 unspecified atom stereocenters. The van der Waals surface area contributed by atoms with E-state index in [1.54, 1.807) is 24.3 Å². The molecular weight excluding hydrogens is 307 g/mol. The van der Waals surface area contributed by atoms with Crippen LogP contribution < -0.4 is 5.73 Å². The van der Waals surface area contributed by atoms with Gasteiger partial charge in [0.05, 0.1) is 28.0 Å². The molecule has 100 valence electrons. The van der Waals surface area contributed by atoms with Crippen molar-refractivity contribution in [1.29, 1.82) is 0 Å². The first kappa shape index (κ1) is 14.4. The van der Waals surface area contributed by atoms with Crippen LogP contribution in [-0.2, 0) is 4.79 Å². The molecule has 1 aromatic carbocycles. The third-order valence-corrected chi connectivity index (χ3v) is 4.14. The summed E-state index contributed by atoms with van der Waals surface area (Å²) in [6, 6.07) is 5.04. The lowest BCUT2D eigenvalue weighted by Crippen LogP contribution is -2.55. The summed E-state index contributed by atoms with van der Waals surface area (Å²) in [5, 5.41) is 0.594. The van der Waals surface area contributed by atoms with Crippen LogP contribution in [0.4, 0.5) is 4.79 Å². The molecule has 1 fully saturated rings. The first-order chi connectivity index (χ1) is 9.02. The summed E-state index contributed by atoms with van der Waals surface area (Å²) >= 11 is 12.6. The third-order valence-electron chi connectivity index (χ3n) is 2.50. The molecular formula is C12H11Cl2N2O2S+. The van der Waals surface area contributed by atoms with Crippen molar-refractivity contribution in [2.75, 3.05) is 13.1 Å². The minimum atomic E-state index is -0.287. The average Bonchev–Trinajstić information content (AvgIpc) is 2.62. The molecule has 0 spiro atoms. The summed E-state index contributed by atoms with van der Waals surface area (Å²) < 4.78 is 0. The van der Waals surface area contributed by atoms with Crippen LogP contribution in [0.25, 0.3) is 6.08 Å². The smallest absolute Gasteiger partial charge is 0.293 e. The molecule has 0 aliphatic carbocycles. The van der Waals surface area contributed by atoms with Gasteiger partial charge in [-0.3, -0.25) is 14.5 Å². The molecule has 4 nitrogen and oxygen atoms in total. The van der Waals surface area contributed by atoms with Gasteiger partial charge >= 0.3 is 0 Å². The van der Waals surface area contributed by atoms with Crippen LogP contribution in [0, 0.1) is 0 Å². The van der Waals surface area contributed by atoms with Crippen LogP contribution in [0.1, 0.15) is 5.56 Å². The second kappa shape index (κ2) is 5.96. The van der Waals surface area contributed by atoms with E-state index >= 15 is 0 Å². The molecule has 1 aliphatic rings. The van der Waals surface area contributed by atoms with E-state index in [2.05, 4.69) is 5.73 Å². The molecule has 2 amide bonds. The number of thioether (sulfide) groups is 1. The topological polar surface area (TPSA) is 65.0 Å². The Hall–Kier alpha value is -1.01. The maximum absolute atomic E-state index is 12.0. The maximum atomic E-state index is 12.0. The highest BCUT2D eigenvalue weighted by Gasteiger charge is 2.34. The van der Waals surface area contributed by atoms with E-state index in [4.69, 9.17) is 23.2 Å². The highest BCUT2D eigenvalue weighted by Crippen LogP contribution is 2.32. The molecule has 0 atom stereocenters. The Balaban J connectivity index is 2.27. The van der Waals surface area contributed by atoms with Crippen molar-refractivity contribution in [3.63, 3.8) is 0 Å².